The third-order valence-electron chi connectivity index (χ3n) is 4.52. The molecule has 0 aliphatic rings. The minimum atomic E-state index is 0.0165. The first-order valence-electron chi connectivity index (χ1n) is 10.8. The van der Waals surface area contributed by atoms with Crippen molar-refractivity contribution in [1.29, 1.82) is 0 Å². The average molecular weight is 500 g/mol. The van der Waals surface area contributed by atoms with Crippen molar-refractivity contribution in [3.63, 3.8) is 0 Å². The first-order valence-corrected chi connectivity index (χ1v) is 11.1. The predicted molar refractivity (Wildman–Crippen MR) is 124 cm³/mol. The van der Waals surface area contributed by atoms with Gasteiger partial charge in [-0.05, 0) is 11.6 Å². The summed E-state index contributed by atoms with van der Waals surface area (Å²) >= 11 is 6.06. The van der Waals surface area contributed by atoms with Crippen molar-refractivity contribution in [3.05, 3.63) is 17.8 Å². The third kappa shape index (κ3) is 7.75. The molecule has 0 aliphatic heterocycles. The van der Waals surface area contributed by atoms with Crippen LogP contribution in [0.3, 0.4) is 0 Å². The number of ether oxygens (including phenoxy) is 5. The van der Waals surface area contributed by atoms with Gasteiger partial charge in [-0.1, -0.05) is 0 Å². The van der Waals surface area contributed by atoms with E-state index in [1.165, 1.54) is 0 Å². The SMILES string of the molecule is COc1nn(CCOCCOCCOCCOCCO)cc1Nc1nc(Cl)nc2c1ncn2C. The fraction of sp³-hybridized carbons (Fsp3) is 0.600. The Balaban J connectivity index is 1.37. The highest BCUT2D eigenvalue weighted by Crippen LogP contribution is 2.29. The molecule has 0 unspecified atom stereocenters. The Labute approximate surface area is 201 Å². The van der Waals surface area contributed by atoms with Crippen LogP contribution in [0.2, 0.25) is 5.28 Å². The molecule has 14 heteroatoms. The fourth-order valence-corrected chi connectivity index (χ4v) is 3.10. The summed E-state index contributed by atoms with van der Waals surface area (Å²) in [6.45, 7) is 4.14. The Bertz CT molecular complexity index is 1010. The van der Waals surface area contributed by atoms with E-state index in [-0.39, 0.29) is 11.9 Å². The molecule has 0 fully saturated rings. The molecule has 188 valence electrons. The van der Waals surface area contributed by atoms with E-state index in [0.717, 1.165) is 0 Å². The van der Waals surface area contributed by atoms with E-state index in [2.05, 4.69) is 25.4 Å². The summed E-state index contributed by atoms with van der Waals surface area (Å²) in [6, 6.07) is 0. The summed E-state index contributed by atoms with van der Waals surface area (Å²) in [5.74, 6) is 0.868. The third-order valence-corrected chi connectivity index (χ3v) is 4.69. The van der Waals surface area contributed by atoms with Crippen LogP contribution in [0.15, 0.2) is 12.5 Å². The topological polar surface area (TPSA) is 140 Å². The van der Waals surface area contributed by atoms with Gasteiger partial charge in [0.2, 0.25) is 5.28 Å². The highest BCUT2D eigenvalue weighted by Gasteiger charge is 2.15. The molecular formula is C20H30ClN7O6. The highest BCUT2D eigenvalue weighted by atomic mass is 35.5. The molecule has 2 N–H and O–H groups in total. The number of nitrogens with one attached hydrogen (secondary N) is 1. The van der Waals surface area contributed by atoms with Crippen molar-refractivity contribution in [2.45, 2.75) is 6.54 Å². The zero-order valence-corrected chi connectivity index (χ0v) is 20.0. The number of hydrogen-bond acceptors (Lipinski definition) is 11. The predicted octanol–water partition coefficient (Wildman–Crippen LogP) is 1.02. The molecule has 3 rings (SSSR count). The summed E-state index contributed by atoms with van der Waals surface area (Å²) in [5, 5.41) is 16.3. The minimum absolute atomic E-state index is 0.0165. The number of halogens is 1. The molecule has 13 nitrogen and oxygen atoms in total. The molecule has 0 aromatic carbocycles. The quantitative estimate of drug-likeness (QED) is 0.203. The van der Waals surface area contributed by atoms with Crippen molar-refractivity contribution in [1.82, 2.24) is 29.3 Å². The molecule has 3 heterocycles. The molecule has 0 radical (unpaired) electrons. The average Bonchev–Trinajstić information content (AvgIpc) is 3.39. The molecular weight excluding hydrogens is 470 g/mol. The van der Waals surface area contributed by atoms with Gasteiger partial charge in [-0.2, -0.15) is 9.97 Å². The van der Waals surface area contributed by atoms with E-state index in [1.54, 1.807) is 28.9 Å². The van der Waals surface area contributed by atoms with Gasteiger partial charge in [-0.3, -0.25) is 4.68 Å². The Kier molecular flexibility index (Phi) is 10.7. The number of nitrogens with zero attached hydrogens (tertiary/aromatic N) is 6. The summed E-state index contributed by atoms with van der Waals surface area (Å²) in [5.41, 5.74) is 1.82. The monoisotopic (exact) mass is 499 g/mol. The zero-order valence-electron chi connectivity index (χ0n) is 19.3. The van der Waals surface area contributed by atoms with E-state index in [0.29, 0.717) is 87.9 Å². The second kappa shape index (κ2) is 14.0. The van der Waals surface area contributed by atoms with Gasteiger partial charge in [0.15, 0.2) is 17.0 Å². The van der Waals surface area contributed by atoms with Gasteiger partial charge in [0.1, 0.15) is 5.69 Å². The number of imidazole rings is 1. The summed E-state index contributed by atoms with van der Waals surface area (Å²) < 4.78 is 30.3. The van der Waals surface area contributed by atoms with Gasteiger partial charge >= 0.3 is 0 Å². The summed E-state index contributed by atoms with van der Waals surface area (Å²) in [7, 11) is 3.37. The number of hydrogen-bond donors (Lipinski definition) is 2. The first-order chi connectivity index (χ1) is 16.6. The van der Waals surface area contributed by atoms with E-state index in [9.17, 15) is 0 Å². The molecule has 34 heavy (non-hydrogen) atoms. The number of aryl methyl sites for hydroxylation is 1. The number of anilines is 2. The lowest BCUT2D eigenvalue weighted by Crippen LogP contribution is -2.14. The minimum Gasteiger partial charge on any atom is -0.478 e. The van der Waals surface area contributed by atoms with Gasteiger partial charge in [-0.15, -0.1) is 5.10 Å². The summed E-state index contributed by atoms with van der Waals surface area (Å²) in [6.07, 6.45) is 3.44. The normalized spacial score (nSPS) is 11.4. The molecule has 3 aromatic rings. The van der Waals surface area contributed by atoms with Crippen LogP contribution >= 0.6 is 11.6 Å². The van der Waals surface area contributed by atoms with Crippen molar-refractivity contribution in [2.75, 3.05) is 71.9 Å². The van der Waals surface area contributed by atoms with Crippen LogP contribution in [0.4, 0.5) is 11.5 Å². The Morgan fingerprint density at radius 2 is 1.62 bits per heavy atom. The fourth-order valence-electron chi connectivity index (χ4n) is 2.93. The number of methoxy groups -OCH3 is 1. The lowest BCUT2D eigenvalue weighted by molar-refractivity contribution is -0.00628. The molecule has 0 amide bonds. The van der Waals surface area contributed by atoms with Crippen LogP contribution in [0.25, 0.3) is 11.2 Å². The van der Waals surface area contributed by atoms with Crippen LogP contribution in [0, 0.1) is 0 Å². The van der Waals surface area contributed by atoms with Crippen molar-refractivity contribution < 1.29 is 28.8 Å². The van der Waals surface area contributed by atoms with Crippen LogP contribution in [-0.4, -0.2) is 101 Å². The molecule has 0 saturated carbocycles. The van der Waals surface area contributed by atoms with Gasteiger partial charge < -0.3 is 38.7 Å². The highest BCUT2D eigenvalue weighted by molar-refractivity contribution is 6.28. The maximum atomic E-state index is 8.59. The van der Waals surface area contributed by atoms with E-state index in [1.807, 2.05) is 7.05 Å². The molecule has 0 spiro atoms. The van der Waals surface area contributed by atoms with Gasteiger partial charge in [-0.25, -0.2) is 4.98 Å². The number of aliphatic hydroxyl groups is 1. The molecule has 0 aliphatic carbocycles. The van der Waals surface area contributed by atoms with Crippen molar-refractivity contribution in [2.24, 2.45) is 7.05 Å². The molecule has 0 atom stereocenters. The number of aliphatic hydroxyl groups excluding tert-OH is 1. The van der Waals surface area contributed by atoms with Crippen LogP contribution < -0.4 is 10.1 Å². The van der Waals surface area contributed by atoms with Gasteiger partial charge in [0, 0.05) is 7.05 Å². The van der Waals surface area contributed by atoms with Crippen molar-refractivity contribution in [3.8, 4) is 5.88 Å². The van der Waals surface area contributed by atoms with Crippen LogP contribution in [-0.2, 0) is 32.5 Å². The zero-order chi connectivity index (χ0) is 24.2. The van der Waals surface area contributed by atoms with Gasteiger partial charge in [0.05, 0.1) is 85.6 Å². The largest absolute Gasteiger partial charge is 0.478 e. The maximum absolute atomic E-state index is 8.59. The Morgan fingerprint density at radius 3 is 2.26 bits per heavy atom. The smallest absolute Gasteiger partial charge is 0.256 e. The lowest BCUT2D eigenvalue weighted by Gasteiger charge is -2.07. The van der Waals surface area contributed by atoms with Crippen LogP contribution in [0.1, 0.15) is 0 Å². The lowest BCUT2D eigenvalue weighted by atomic mass is 10.4. The molecule has 3 aromatic heterocycles. The number of rotatable bonds is 17. The van der Waals surface area contributed by atoms with E-state index in [4.69, 9.17) is 40.4 Å². The Hall–Kier alpha value is -2.55. The molecule has 0 saturated heterocycles. The second-order valence-corrected chi connectivity index (χ2v) is 7.32. The van der Waals surface area contributed by atoms with E-state index < -0.39 is 0 Å². The number of fused-ring (bicyclic) bond motifs is 1. The molecule has 0 bridgehead atoms. The van der Waals surface area contributed by atoms with Crippen molar-refractivity contribution >= 4 is 34.3 Å². The van der Waals surface area contributed by atoms with Gasteiger partial charge in [0.25, 0.3) is 5.88 Å². The maximum Gasteiger partial charge on any atom is 0.256 e. The first kappa shape index (κ1) is 26.1. The Morgan fingerprint density at radius 1 is 0.971 bits per heavy atom. The standard InChI is InChI=1S/C20H30ClN7O6/c1-27-14-22-16-17(24-20(21)25-18(16)27)23-15-13-28(26-19(15)30-2)3-5-31-7-9-33-11-12-34-10-8-32-6-4-29/h13-14,29H,3-12H2,1-2H3,(H,23,24,25). The number of aromatic nitrogens is 6. The summed E-state index contributed by atoms with van der Waals surface area (Å²) in [4.78, 5) is 12.8. The van der Waals surface area contributed by atoms with Crippen LogP contribution in [0.5, 0.6) is 5.88 Å². The second-order valence-electron chi connectivity index (χ2n) is 6.98. The van der Waals surface area contributed by atoms with E-state index >= 15 is 0 Å².